The average Bonchev–Trinajstić information content (AvgIpc) is 2.30. The summed E-state index contributed by atoms with van der Waals surface area (Å²) in [5.74, 6) is -1.40. The lowest BCUT2D eigenvalue weighted by Gasteiger charge is -2.20. The zero-order chi connectivity index (χ0) is 12.0. The van der Waals surface area contributed by atoms with E-state index >= 15 is 0 Å². The molecular weight excluding hydrogens is 213 g/mol. The second-order valence-corrected chi connectivity index (χ2v) is 3.57. The van der Waals surface area contributed by atoms with Gasteiger partial charge >= 0.3 is 5.97 Å². The maximum absolute atomic E-state index is 12.4. The fraction of sp³-hybridized carbons (Fsp3) is 0.364. The van der Waals surface area contributed by atoms with Crippen molar-refractivity contribution in [2.24, 2.45) is 5.73 Å². The summed E-state index contributed by atoms with van der Waals surface area (Å²) in [6.07, 6.45) is 0. The first-order valence-corrected chi connectivity index (χ1v) is 4.78. The number of hydrogen-bond acceptors (Lipinski definition) is 3. The largest absolute Gasteiger partial charge is 0.480 e. The van der Waals surface area contributed by atoms with Crippen LogP contribution in [0.1, 0.15) is 5.56 Å². The van der Waals surface area contributed by atoms with Crippen molar-refractivity contribution in [3.63, 3.8) is 0 Å². The molecule has 3 N–H and O–H groups in total. The molecular formula is C11H14FNO3. The van der Waals surface area contributed by atoms with Crippen LogP contribution in [0.15, 0.2) is 30.3 Å². The quantitative estimate of drug-likeness (QED) is 0.759. The number of carboxylic acids is 1. The van der Waals surface area contributed by atoms with E-state index in [1.807, 2.05) is 30.3 Å². The number of hydrogen-bond donors (Lipinski definition) is 2. The Kier molecular flexibility index (Phi) is 4.39. The van der Waals surface area contributed by atoms with Crippen LogP contribution in [0.2, 0.25) is 0 Å². The summed E-state index contributed by atoms with van der Waals surface area (Å²) >= 11 is 0. The molecule has 0 spiro atoms. The van der Waals surface area contributed by atoms with Gasteiger partial charge in [-0.3, -0.25) is 4.79 Å². The molecule has 1 aromatic carbocycles. The van der Waals surface area contributed by atoms with Crippen LogP contribution in [0.3, 0.4) is 0 Å². The lowest BCUT2D eigenvalue weighted by Crippen LogP contribution is -2.54. The van der Waals surface area contributed by atoms with E-state index in [2.05, 4.69) is 0 Å². The summed E-state index contributed by atoms with van der Waals surface area (Å²) in [6, 6.07) is 9.18. The number of nitrogens with two attached hydrogens (primary N) is 1. The molecule has 0 bridgehead atoms. The molecule has 1 rings (SSSR count). The molecule has 0 amide bonds. The van der Waals surface area contributed by atoms with Gasteiger partial charge in [-0.05, 0) is 5.56 Å². The molecule has 0 aromatic heterocycles. The standard InChI is InChI=1S/C11H14FNO3/c12-7-11(13,10(14)15)8-16-6-9-4-2-1-3-5-9/h1-5H,6-8,13H2,(H,14,15). The Balaban J connectivity index is 2.43. The van der Waals surface area contributed by atoms with Crippen molar-refractivity contribution in [1.82, 2.24) is 0 Å². The molecule has 0 aliphatic rings. The van der Waals surface area contributed by atoms with Crippen LogP contribution in [-0.4, -0.2) is 29.9 Å². The van der Waals surface area contributed by atoms with Crippen molar-refractivity contribution in [3.8, 4) is 0 Å². The highest BCUT2D eigenvalue weighted by atomic mass is 19.1. The minimum absolute atomic E-state index is 0.215. The second kappa shape index (κ2) is 5.58. The van der Waals surface area contributed by atoms with E-state index in [-0.39, 0.29) is 13.2 Å². The van der Waals surface area contributed by atoms with Crippen molar-refractivity contribution >= 4 is 5.97 Å². The highest BCUT2D eigenvalue weighted by molar-refractivity contribution is 5.78. The Hall–Kier alpha value is -1.46. The van der Waals surface area contributed by atoms with E-state index in [9.17, 15) is 9.18 Å². The van der Waals surface area contributed by atoms with Gasteiger partial charge in [-0.25, -0.2) is 4.39 Å². The lowest BCUT2D eigenvalue weighted by atomic mass is 10.1. The van der Waals surface area contributed by atoms with Gasteiger partial charge in [0.2, 0.25) is 0 Å². The van der Waals surface area contributed by atoms with Crippen molar-refractivity contribution in [1.29, 1.82) is 0 Å². The van der Waals surface area contributed by atoms with Crippen molar-refractivity contribution < 1.29 is 19.0 Å². The maximum Gasteiger partial charge on any atom is 0.328 e. The van der Waals surface area contributed by atoms with Crippen LogP contribution in [0.25, 0.3) is 0 Å². The molecule has 0 fully saturated rings. The fourth-order valence-electron chi connectivity index (χ4n) is 1.08. The van der Waals surface area contributed by atoms with E-state index in [4.69, 9.17) is 15.6 Å². The van der Waals surface area contributed by atoms with Gasteiger partial charge in [0.05, 0.1) is 13.2 Å². The summed E-state index contributed by atoms with van der Waals surface area (Å²) in [5.41, 5.74) is 4.24. The topological polar surface area (TPSA) is 72.5 Å². The Morgan fingerprint density at radius 2 is 2.06 bits per heavy atom. The number of benzene rings is 1. The summed E-state index contributed by atoms with van der Waals surface area (Å²) in [5, 5.41) is 8.68. The number of ether oxygens (including phenoxy) is 1. The number of halogens is 1. The first kappa shape index (κ1) is 12.6. The van der Waals surface area contributed by atoms with Crippen LogP contribution in [0, 0.1) is 0 Å². The number of carbonyl (C=O) groups is 1. The molecule has 1 unspecified atom stereocenters. The normalized spacial score (nSPS) is 14.4. The Morgan fingerprint density at radius 3 is 2.56 bits per heavy atom. The minimum Gasteiger partial charge on any atom is -0.480 e. The summed E-state index contributed by atoms with van der Waals surface area (Å²) in [4.78, 5) is 10.6. The molecule has 0 saturated heterocycles. The maximum atomic E-state index is 12.4. The first-order chi connectivity index (χ1) is 7.58. The molecule has 4 nitrogen and oxygen atoms in total. The van der Waals surface area contributed by atoms with Gasteiger partial charge in [-0.1, -0.05) is 30.3 Å². The number of aliphatic carboxylic acids is 1. The van der Waals surface area contributed by atoms with Crippen LogP contribution in [-0.2, 0) is 16.1 Å². The first-order valence-electron chi connectivity index (χ1n) is 4.78. The molecule has 16 heavy (non-hydrogen) atoms. The highest BCUT2D eigenvalue weighted by Crippen LogP contribution is 2.06. The van der Waals surface area contributed by atoms with Gasteiger partial charge in [0.1, 0.15) is 6.67 Å². The summed E-state index contributed by atoms with van der Waals surface area (Å²) in [7, 11) is 0. The Labute approximate surface area is 92.8 Å². The predicted octanol–water partition coefficient (Wildman–Crippen LogP) is 0.955. The van der Waals surface area contributed by atoms with Gasteiger partial charge < -0.3 is 15.6 Å². The third-order valence-corrected chi connectivity index (χ3v) is 2.14. The zero-order valence-corrected chi connectivity index (χ0v) is 8.73. The molecule has 88 valence electrons. The van der Waals surface area contributed by atoms with Gasteiger partial charge in [0, 0.05) is 0 Å². The molecule has 0 aliphatic carbocycles. The van der Waals surface area contributed by atoms with Gasteiger partial charge in [0.15, 0.2) is 5.54 Å². The monoisotopic (exact) mass is 227 g/mol. The van der Waals surface area contributed by atoms with E-state index in [1.54, 1.807) is 0 Å². The number of alkyl halides is 1. The number of rotatable bonds is 6. The molecule has 1 atom stereocenters. The van der Waals surface area contributed by atoms with E-state index in [0.29, 0.717) is 0 Å². The molecule has 0 heterocycles. The fourth-order valence-corrected chi connectivity index (χ4v) is 1.08. The van der Waals surface area contributed by atoms with Crippen LogP contribution < -0.4 is 5.73 Å². The lowest BCUT2D eigenvalue weighted by molar-refractivity contribution is -0.146. The van der Waals surface area contributed by atoms with Crippen molar-refractivity contribution in [2.75, 3.05) is 13.3 Å². The van der Waals surface area contributed by atoms with Crippen molar-refractivity contribution in [3.05, 3.63) is 35.9 Å². The molecule has 0 saturated carbocycles. The summed E-state index contributed by atoms with van der Waals surface area (Å²) < 4.78 is 17.5. The number of carboxylic acid groups (broad SMARTS) is 1. The van der Waals surface area contributed by atoms with Gasteiger partial charge in [0.25, 0.3) is 0 Å². The predicted molar refractivity (Wildman–Crippen MR) is 56.6 cm³/mol. The zero-order valence-electron chi connectivity index (χ0n) is 8.73. The van der Waals surface area contributed by atoms with E-state index < -0.39 is 18.2 Å². The van der Waals surface area contributed by atoms with Crippen LogP contribution in [0.4, 0.5) is 4.39 Å². The van der Waals surface area contributed by atoms with Crippen LogP contribution >= 0.6 is 0 Å². The highest BCUT2D eigenvalue weighted by Gasteiger charge is 2.34. The second-order valence-electron chi connectivity index (χ2n) is 3.57. The third kappa shape index (κ3) is 3.29. The smallest absolute Gasteiger partial charge is 0.328 e. The Morgan fingerprint density at radius 1 is 1.44 bits per heavy atom. The van der Waals surface area contributed by atoms with E-state index in [0.717, 1.165) is 5.56 Å². The average molecular weight is 227 g/mol. The van der Waals surface area contributed by atoms with Gasteiger partial charge in [-0.15, -0.1) is 0 Å². The van der Waals surface area contributed by atoms with Gasteiger partial charge in [-0.2, -0.15) is 0 Å². The third-order valence-electron chi connectivity index (χ3n) is 2.14. The molecule has 0 aliphatic heterocycles. The molecule has 0 radical (unpaired) electrons. The van der Waals surface area contributed by atoms with Crippen molar-refractivity contribution in [2.45, 2.75) is 12.1 Å². The molecule has 1 aromatic rings. The SMILES string of the molecule is NC(CF)(COCc1ccccc1)C(=O)O. The summed E-state index contributed by atoms with van der Waals surface area (Å²) in [6.45, 7) is -1.29. The Bertz CT molecular complexity index is 344. The molecule has 5 heteroatoms. The minimum atomic E-state index is -1.95. The van der Waals surface area contributed by atoms with Crippen LogP contribution in [0.5, 0.6) is 0 Å². The van der Waals surface area contributed by atoms with E-state index in [1.165, 1.54) is 0 Å².